The lowest BCUT2D eigenvalue weighted by Gasteiger charge is -2.73. The molecule has 1 aliphatic heterocycles. The summed E-state index contributed by atoms with van der Waals surface area (Å²) in [5.74, 6) is 2.23. The molecule has 2 aromatic carbocycles. The molecule has 1 N–H and O–H groups in total. The molecular formula is C24H27ClN2O4. The molecule has 7 heteroatoms. The van der Waals surface area contributed by atoms with Crippen LogP contribution in [0.2, 0.25) is 5.02 Å². The highest BCUT2D eigenvalue weighted by atomic mass is 35.5. The fraction of sp³-hybridized carbons (Fsp3) is 0.458. The van der Waals surface area contributed by atoms with Crippen molar-refractivity contribution in [3.63, 3.8) is 0 Å². The van der Waals surface area contributed by atoms with E-state index in [0.717, 1.165) is 55.3 Å². The lowest BCUT2D eigenvalue weighted by Crippen LogP contribution is -2.83. The molecule has 6 nitrogen and oxygen atoms in total. The summed E-state index contributed by atoms with van der Waals surface area (Å²) in [6, 6.07) is 14.8. The summed E-state index contributed by atoms with van der Waals surface area (Å²) < 4.78 is 16.9. The van der Waals surface area contributed by atoms with Gasteiger partial charge >= 0.3 is 0 Å². The Hall–Kier alpha value is -2.44. The van der Waals surface area contributed by atoms with E-state index in [9.17, 15) is 4.79 Å². The van der Waals surface area contributed by atoms with Crippen molar-refractivity contribution < 1.29 is 19.0 Å². The number of ether oxygens (including phenoxy) is 3. The molecule has 2 bridgehead atoms. The number of hydrogen-bond donors (Lipinski definition) is 1. The monoisotopic (exact) mass is 442 g/mol. The number of halogens is 1. The number of rotatable bonds is 8. The van der Waals surface area contributed by atoms with E-state index in [1.165, 1.54) is 0 Å². The van der Waals surface area contributed by atoms with Crippen LogP contribution in [-0.4, -0.2) is 54.8 Å². The van der Waals surface area contributed by atoms with Crippen molar-refractivity contribution in [2.75, 3.05) is 26.8 Å². The van der Waals surface area contributed by atoms with Crippen molar-refractivity contribution in [3.8, 4) is 17.2 Å². The number of methoxy groups -OCH3 is 1. The van der Waals surface area contributed by atoms with Gasteiger partial charge in [0.1, 0.15) is 23.4 Å². The van der Waals surface area contributed by atoms with E-state index >= 15 is 0 Å². The quantitative estimate of drug-likeness (QED) is 0.676. The fourth-order valence-corrected chi connectivity index (χ4v) is 5.44. The van der Waals surface area contributed by atoms with Crippen LogP contribution in [0.25, 0.3) is 0 Å². The molecule has 3 aliphatic carbocycles. The smallest absolute Gasteiger partial charge is 0.258 e. The minimum Gasteiger partial charge on any atom is -0.497 e. The number of nitrogens with one attached hydrogen (secondary N) is 1. The molecular weight excluding hydrogens is 416 g/mol. The third-order valence-corrected chi connectivity index (χ3v) is 7.02. The largest absolute Gasteiger partial charge is 0.497 e. The highest BCUT2D eigenvalue weighted by Crippen LogP contribution is 2.64. The Morgan fingerprint density at radius 1 is 1.06 bits per heavy atom. The molecule has 31 heavy (non-hydrogen) atoms. The lowest BCUT2D eigenvalue weighted by atomic mass is 9.43. The van der Waals surface area contributed by atoms with Gasteiger partial charge in [-0.1, -0.05) is 11.6 Å². The molecule has 1 amide bonds. The second-order valence-electron chi connectivity index (χ2n) is 8.98. The first kappa shape index (κ1) is 20.5. The van der Waals surface area contributed by atoms with Crippen LogP contribution >= 0.6 is 11.6 Å². The predicted molar refractivity (Wildman–Crippen MR) is 118 cm³/mol. The SMILES string of the molecule is COc1ccc(OCC(=O)NC23CC(N4CCC(Oc5ccc(Cl)cc5)C4)(C2)C3)cc1. The van der Waals surface area contributed by atoms with Crippen LogP contribution in [0.4, 0.5) is 0 Å². The van der Waals surface area contributed by atoms with Crippen molar-refractivity contribution in [1.82, 2.24) is 10.2 Å². The molecule has 3 saturated carbocycles. The Morgan fingerprint density at radius 2 is 1.71 bits per heavy atom. The summed E-state index contributed by atoms with van der Waals surface area (Å²) in [4.78, 5) is 14.9. The van der Waals surface area contributed by atoms with Crippen LogP contribution < -0.4 is 19.5 Å². The van der Waals surface area contributed by atoms with Crippen LogP contribution in [0.5, 0.6) is 17.2 Å². The van der Waals surface area contributed by atoms with Gasteiger partial charge in [0, 0.05) is 29.2 Å². The van der Waals surface area contributed by atoms with E-state index in [1.54, 1.807) is 19.2 Å². The van der Waals surface area contributed by atoms with Gasteiger partial charge in [-0.25, -0.2) is 0 Å². The maximum absolute atomic E-state index is 12.4. The van der Waals surface area contributed by atoms with E-state index in [2.05, 4.69) is 10.2 Å². The molecule has 1 saturated heterocycles. The van der Waals surface area contributed by atoms with E-state index in [1.807, 2.05) is 36.4 Å². The Morgan fingerprint density at radius 3 is 2.39 bits per heavy atom. The molecule has 0 aromatic heterocycles. The zero-order valence-corrected chi connectivity index (χ0v) is 18.4. The molecule has 4 fully saturated rings. The molecule has 1 unspecified atom stereocenters. The molecule has 0 radical (unpaired) electrons. The van der Waals surface area contributed by atoms with Crippen molar-refractivity contribution in [3.05, 3.63) is 53.6 Å². The van der Waals surface area contributed by atoms with Crippen LogP contribution in [-0.2, 0) is 4.79 Å². The number of carbonyl (C=O) groups excluding carboxylic acids is 1. The summed E-state index contributed by atoms with van der Waals surface area (Å²) in [6.45, 7) is 2.01. The van der Waals surface area contributed by atoms with Gasteiger partial charge in [-0.2, -0.15) is 0 Å². The third-order valence-electron chi connectivity index (χ3n) is 6.77. The average Bonchev–Trinajstić information content (AvgIpc) is 3.18. The van der Waals surface area contributed by atoms with Gasteiger partial charge in [-0.3, -0.25) is 9.69 Å². The normalized spacial score (nSPS) is 28.9. The molecule has 0 spiro atoms. The number of nitrogens with zero attached hydrogens (tertiary/aromatic N) is 1. The minimum absolute atomic E-state index is 0.0296. The van der Waals surface area contributed by atoms with E-state index in [0.29, 0.717) is 5.75 Å². The van der Waals surface area contributed by atoms with Gasteiger partial charge in [-0.15, -0.1) is 0 Å². The highest BCUT2D eigenvalue weighted by molar-refractivity contribution is 6.30. The molecule has 164 valence electrons. The topological polar surface area (TPSA) is 60.0 Å². The summed E-state index contributed by atoms with van der Waals surface area (Å²) in [5.41, 5.74) is 0.192. The maximum Gasteiger partial charge on any atom is 0.258 e. The summed E-state index contributed by atoms with van der Waals surface area (Å²) >= 11 is 5.95. The number of hydrogen-bond acceptors (Lipinski definition) is 5. The van der Waals surface area contributed by atoms with Crippen LogP contribution in [0.3, 0.4) is 0 Å². The summed E-state index contributed by atoms with van der Waals surface area (Å²) in [5, 5.41) is 3.92. The van der Waals surface area contributed by atoms with Gasteiger partial charge in [0.2, 0.25) is 0 Å². The number of likely N-dealkylation sites (tertiary alicyclic amines) is 1. The minimum atomic E-state index is -0.0607. The van der Waals surface area contributed by atoms with Crippen LogP contribution in [0.15, 0.2) is 48.5 Å². The Balaban J connectivity index is 1.06. The second kappa shape index (κ2) is 7.92. The standard InChI is InChI=1S/C24H27ClN2O4/c1-29-18-6-8-19(9-7-18)30-13-22(28)26-23-14-24(15-23,16-23)27-11-10-21(12-27)31-20-4-2-17(25)3-5-20/h2-9,21H,10-16H2,1H3,(H,26,28). The van der Waals surface area contributed by atoms with Crippen molar-refractivity contribution in [2.45, 2.75) is 42.9 Å². The van der Waals surface area contributed by atoms with Gasteiger partial charge in [-0.05, 0) is 74.2 Å². The van der Waals surface area contributed by atoms with Gasteiger partial charge in [0.25, 0.3) is 5.91 Å². The third kappa shape index (κ3) is 4.06. The highest BCUT2D eigenvalue weighted by Gasteiger charge is 2.71. The first-order chi connectivity index (χ1) is 15.0. The van der Waals surface area contributed by atoms with Gasteiger partial charge in [0.15, 0.2) is 6.61 Å². The first-order valence-electron chi connectivity index (χ1n) is 10.7. The van der Waals surface area contributed by atoms with E-state index in [-0.39, 0.29) is 29.7 Å². The van der Waals surface area contributed by atoms with Crippen LogP contribution in [0.1, 0.15) is 25.7 Å². The molecule has 2 aromatic rings. The fourth-order valence-electron chi connectivity index (χ4n) is 5.32. The number of benzene rings is 2. The summed E-state index contributed by atoms with van der Waals surface area (Å²) in [6.07, 6.45) is 4.28. The molecule has 1 heterocycles. The molecule has 4 aliphatic rings. The van der Waals surface area contributed by atoms with Crippen LogP contribution in [0, 0.1) is 0 Å². The zero-order chi connectivity index (χ0) is 21.5. The van der Waals surface area contributed by atoms with E-state index in [4.69, 9.17) is 25.8 Å². The van der Waals surface area contributed by atoms with Crippen molar-refractivity contribution in [2.24, 2.45) is 0 Å². The first-order valence-corrected chi connectivity index (χ1v) is 11.1. The number of amides is 1. The Labute approximate surface area is 187 Å². The van der Waals surface area contributed by atoms with Gasteiger partial charge < -0.3 is 19.5 Å². The summed E-state index contributed by atoms with van der Waals surface area (Å²) in [7, 11) is 1.62. The zero-order valence-electron chi connectivity index (χ0n) is 17.6. The lowest BCUT2D eigenvalue weighted by molar-refractivity contribution is -0.179. The average molecular weight is 443 g/mol. The van der Waals surface area contributed by atoms with Crippen molar-refractivity contribution >= 4 is 17.5 Å². The Bertz CT molecular complexity index is 927. The predicted octanol–water partition coefficient (Wildman–Crippen LogP) is 3.67. The second-order valence-corrected chi connectivity index (χ2v) is 9.41. The molecule has 6 rings (SSSR count). The van der Waals surface area contributed by atoms with Crippen molar-refractivity contribution in [1.29, 1.82) is 0 Å². The van der Waals surface area contributed by atoms with E-state index < -0.39 is 0 Å². The number of carbonyl (C=O) groups is 1. The Kier molecular flexibility index (Phi) is 5.22. The molecule has 1 atom stereocenters. The maximum atomic E-state index is 12.4. The van der Waals surface area contributed by atoms with Gasteiger partial charge in [0.05, 0.1) is 7.11 Å².